The third-order valence-corrected chi connectivity index (χ3v) is 4.00. The van der Waals surface area contributed by atoms with Gasteiger partial charge >= 0.3 is 23.9 Å². The predicted octanol–water partition coefficient (Wildman–Crippen LogP) is 0.0521. The van der Waals surface area contributed by atoms with E-state index in [0.717, 1.165) is 0 Å². The molecule has 0 fully saturated rings. The lowest BCUT2D eigenvalue weighted by molar-refractivity contribution is -0.140. The molecule has 2 atom stereocenters. The number of nitrogens with one attached hydrogen (secondary N) is 3. The highest BCUT2D eigenvalue weighted by Crippen LogP contribution is 2.03. The van der Waals surface area contributed by atoms with Crippen LogP contribution in [0.15, 0.2) is 24.5 Å². The number of aromatic nitrogens is 1. The lowest BCUT2D eigenvalue weighted by atomic mass is 10.1. The normalized spacial score (nSPS) is 12.3. The minimum Gasteiger partial charge on any atom is -0.481 e. The molecule has 6 N–H and O–H groups in total. The van der Waals surface area contributed by atoms with E-state index >= 15 is 0 Å². The van der Waals surface area contributed by atoms with Crippen LogP contribution < -0.4 is 16.0 Å². The third-order valence-electron chi connectivity index (χ3n) is 4.00. The molecule has 0 bridgehead atoms. The summed E-state index contributed by atoms with van der Waals surface area (Å²) in [5.74, 6) is -4.24. The van der Waals surface area contributed by atoms with Crippen LogP contribution >= 0.6 is 0 Å². The van der Waals surface area contributed by atoms with Gasteiger partial charge in [0.15, 0.2) is 0 Å². The molecule has 0 aromatic carbocycles. The van der Waals surface area contributed by atoms with Crippen LogP contribution in [-0.4, -0.2) is 68.8 Å². The average Bonchev–Trinajstić information content (AvgIpc) is 2.69. The zero-order valence-electron chi connectivity index (χ0n) is 16.0. The summed E-state index contributed by atoms with van der Waals surface area (Å²) in [7, 11) is 0. The Balaban J connectivity index is 2.39. The van der Waals surface area contributed by atoms with Gasteiger partial charge in [-0.3, -0.25) is 14.6 Å². The Labute approximate surface area is 171 Å². The Morgan fingerprint density at radius 3 is 1.97 bits per heavy atom. The van der Waals surface area contributed by atoms with Gasteiger partial charge in [0.2, 0.25) is 0 Å². The van der Waals surface area contributed by atoms with Crippen molar-refractivity contribution in [1.29, 1.82) is 0 Å². The molecule has 0 aliphatic rings. The molecule has 0 aliphatic heterocycles. The minimum absolute atomic E-state index is 0.0563. The summed E-state index contributed by atoms with van der Waals surface area (Å²) in [5, 5.41) is 33.7. The first-order valence-electron chi connectivity index (χ1n) is 9.13. The molecule has 12 heteroatoms. The van der Waals surface area contributed by atoms with Crippen LogP contribution in [0.4, 0.5) is 4.79 Å². The van der Waals surface area contributed by atoms with E-state index in [1.54, 1.807) is 12.1 Å². The Morgan fingerprint density at radius 2 is 1.43 bits per heavy atom. The number of hydrogen-bond donors (Lipinski definition) is 6. The van der Waals surface area contributed by atoms with Crippen molar-refractivity contribution in [3.8, 4) is 0 Å². The van der Waals surface area contributed by atoms with E-state index in [2.05, 4.69) is 20.9 Å². The molecule has 1 heterocycles. The second kappa shape index (κ2) is 12.7. The van der Waals surface area contributed by atoms with E-state index in [0.29, 0.717) is 24.9 Å². The maximum Gasteiger partial charge on any atom is 0.326 e. The summed E-state index contributed by atoms with van der Waals surface area (Å²) in [6.07, 6.45) is 3.05. The number of carboxylic acid groups (broad SMARTS) is 3. The molecule has 0 saturated heterocycles. The number of amides is 3. The predicted molar refractivity (Wildman–Crippen MR) is 102 cm³/mol. The number of urea groups is 1. The van der Waals surface area contributed by atoms with Crippen LogP contribution in [0.25, 0.3) is 0 Å². The quantitative estimate of drug-likeness (QED) is 0.237. The highest BCUT2D eigenvalue weighted by molar-refractivity contribution is 5.93. The van der Waals surface area contributed by atoms with E-state index in [9.17, 15) is 29.1 Å². The molecule has 0 spiro atoms. The topological polar surface area (TPSA) is 195 Å². The van der Waals surface area contributed by atoms with E-state index in [4.69, 9.17) is 10.2 Å². The molecule has 1 aromatic heterocycles. The van der Waals surface area contributed by atoms with Crippen molar-refractivity contribution in [2.45, 2.75) is 44.2 Å². The first kappa shape index (κ1) is 24.3. The van der Waals surface area contributed by atoms with Crippen LogP contribution in [0.2, 0.25) is 0 Å². The van der Waals surface area contributed by atoms with Gasteiger partial charge in [0.1, 0.15) is 12.1 Å². The Hall–Kier alpha value is -3.70. The monoisotopic (exact) mass is 424 g/mol. The molecule has 0 unspecified atom stereocenters. The summed E-state index contributed by atoms with van der Waals surface area (Å²) >= 11 is 0. The zero-order valence-corrected chi connectivity index (χ0v) is 16.0. The van der Waals surface area contributed by atoms with E-state index < -0.39 is 42.4 Å². The van der Waals surface area contributed by atoms with Gasteiger partial charge in [-0.25, -0.2) is 14.4 Å². The van der Waals surface area contributed by atoms with Crippen molar-refractivity contribution in [3.63, 3.8) is 0 Å². The van der Waals surface area contributed by atoms with Crippen molar-refractivity contribution in [3.05, 3.63) is 30.1 Å². The van der Waals surface area contributed by atoms with Crippen molar-refractivity contribution < 1.29 is 39.3 Å². The number of pyridine rings is 1. The van der Waals surface area contributed by atoms with E-state index in [1.165, 1.54) is 12.4 Å². The van der Waals surface area contributed by atoms with Gasteiger partial charge in [-0.15, -0.1) is 0 Å². The maximum absolute atomic E-state index is 11.9. The van der Waals surface area contributed by atoms with Crippen LogP contribution in [-0.2, 0) is 14.4 Å². The maximum atomic E-state index is 11.9. The highest BCUT2D eigenvalue weighted by atomic mass is 16.4. The van der Waals surface area contributed by atoms with Crippen molar-refractivity contribution in [2.75, 3.05) is 6.54 Å². The number of nitrogens with zero attached hydrogens (tertiary/aromatic N) is 1. The van der Waals surface area contributed by atoms with Crippen molar-refractivity contribution in [1.82, 2.24) is 20.9 Å². The number of carbonyl (C=O) groups excluding carboxylic acids is 2. The first-order chi connectivity index (χ1) is 14.2. The van der Waals surface area contributed by atoms with Gasteiger partial charge < -0.3 is 31.3 Å². The van der Waals surface area contributed by atoms with Crippen LogP contribution in [0, 0.1) is 0 Å². The molecule has 3 amide bonds. The third kappa shape index (κ3) is 9.48. The average molecular weight is 424 g/mol. The number of carbonyl (C=O) groups is 5. The molecule has 12 nitrogen and oxygen atoms in total. The van der Waals surface area contributed by atoms with Gasteiger partial charge in [-0.05, 0) is 37.8 Å². The van der Waals surface area contributed by atoms with Crippen molar-refractivity contribution >= 4 is 29.8 Å². The van der Waals surface area contributed by atoms with Gasteiger partial charge in [0, 0.05) is 30.9 Å². The second-order valence-electron chi connectivity index (χ2n) is 6.32. The molecule has 1 rings (SSSR count). The number of hydrogen-bond acceptors (Lipinski definition) is 6. The fourth-order valence-electron chi connectivity index (χ4n) is 2.42. The molecular formula is C18H24N4O8. The highest BCUT2D eigenvalue weighted by Gasteiger charge is 2.24. The largest absolute Gasteiger partial charge is 0.481 e. The number of unbranched alkanes of at least 4 members (excludes halogenated alkanes) is 1. The summed E-state index contributed by atoms with van der Waals surface area (Å²) in [4.78, 5) is 60.5. The Morgan fingerprint density at radius 1 is 0.867 bits per heavy atom. The molecule has 1 aromatic rings. The zero-order chi connectivity index (χ0) is 22.5. The van der Waals surface area contributed by atoms with Gasteiger partial charge in [0.25, 0.3) is 5.91 Å². The summed E-state index contributed by atoms with van der Waals surface area (Å²) in [6.45, 7) is 0.302. The van der Waals surface area contributed by atoms with Crippen LogP contribution in [0.1, 0.15) is 42.5 Å². The standard InChI is InChI=1S/C18H24N4O8/c23-14(24)5-4-13(17(28)29)22-18(30)21-12(16(26)27)3-1-2-8-20-15(25)11-6-9-19-10-7-11/h6-7,9-10,12-13H,1-5,8H2,(H,20,25)(H,23,24)(H,26,27)(H,28,29)(H2,21,22,30)/t12-,13-/m0/s1. The van der Waals surface area contributed by atoms with Crippen LogP contribution in [0.5, 0.6) is 0 Å². The molecule has 164 valence electrons. The summed E-state index contributed by atoms with van der Waals surface area (Å²) in [6, 6.07) is -0.641. The number of rotatable bonds is 13. The Bertz CT molecular complexity index is 756. The van der Waals surface area contributed by atoms with E-state index in [1.807, 2.05) is 0 Å². The number of carboxylic acids is 3. The molecule has 0 radical (unpaired) electrons. The lowest BCUT2D eigenvalue weighted by Gasteiger charge is -2.18. The first-order valence-corrected chi connectivity index (χ1v) is 9.13. The van der Waals surface area contributed by atoms with Crippen LogP contribution in [0.3, 0.4) is 0 Å². The Kier molecular flexibility index (Phi) is 10.3. The van der Waals surface area contributed by atoms with Crippen molar-refractivity contribution in [2.24, 2.45) is 0 Å². The van der Waals surface area contributed by atoms with E-state index in [-0.39, 0.29) is 18.7 Å². The second-order valence-corrected chi connectivity index (χ2v) is 6.32. The number of aliphatic carboxylic acids is 3. The minimum atomic E-state index is -1.46. The SMILES string of the molecule is O=C(O)CC[C@H](NC(=O)N[C@@H](CCCCNC(=O)c1ccncc1)C(=O)O)C(=O)O. The van der Waals surface area contributed by atoms with Gasteiger partial charge in [0.05, 0.1) is 0 Å². The summed E-state index contributed by atoms with van der Waals surface area (Å²) < 4.78 is 0. The fourth-order valence-corrected chi connectivity index (χ4v) is 2.42. The smallest absolute Gasteiger partial charge is 0.326 e. The van der Waals surface area contributed by atoms with Gasteiger partial charge in [-0.1, -0.05) is 0 Å². The lowest BCUT2D eigenvalue weighted by Crippen LogP contribution is -2.51. The molecule has 0 aliphatic carbocycles. The molecule has 0 saturated carbocycles. The fraction of sp³-hybridized carbons (Fsp3) is 0.444. The summed E-state index contributed by atoms with van der Waals surface area (Å²) in [5.41, 5.74) is 0.447. The van der Waals surface area contributed by atoms with Gasteiger partial charge in [-0.2, -0.15) is 0 Å². The molecule has 30 heavy (non-hydrogen) atoms. The molecular weight excluding hydrogens is 400 g/mol.